The van der Waals surface area contributed by atoms with Gasteiger partial charge < -0.3 is 5.73 Å². The summed E-state index contributed by atoms with van der Waals surface area (Å²) in [4.78, 5) is 29.2. The maximum atomic E-state index is 13.4. The van der Waals surface area contributed by atoms with E-state index in [1.165, 1.54) is 0 Å². The van der Waals surface area contributed by atoms with E-state index in [4.69, 9.17) is 10.6 Å². The van der Waals surface area contributed by atoms with Crippen molar-refractivity contribution in [1.82, 2.24) is 5.06 Å². The fraction of sp³-hybridized carbons (Fsp3) is 0.263. The summed E-state index contributed by atoms with van der Waals surface area (Å²) in [5, 5.41) is 0.00328. The lowest BCUT2D eigenvalue weighted by Gasteiger charge is -2.20. The summed E-state index contributed by atoms with van der Waals surface area (Å²) >= 11 is 0. The third-order valence-corrected chi connectivity index (χ3v) is 4.53. The fourth-order valence-electron chi connectivity index (χ4n) is 3.22. The van der Waals surface area contributed by atoms with Gasteiger partial charge in [0, 0.05) is 5.56 Å². The zero-order valence-electron chi connectivity index (χ0n) is 15.4. The van der Waals surface area contributed by atoms with E-state index < -0.39 is 65.7 Å². The molecule has 0 bridgehead atoms. The van der Waals surface area contributed by atoms with Crippen molar-refractivity contribution in [3.05, 3.63) is 58.9 Å². The van der Waals surface area contributed by atoms with Crippen LogP contribution in [0.5, 0.6) is 0 Å². The van der Waals surface area contributed by atoms with Crippen LogP contribution in [0.15, 0.2) is 36.4 Å². The van der Waals surface area contributed by atoms with Crippen molar-refractivity contribution in [2.75, 3.05) is 13.2 Å². The van der Waals surface area contributed by atoms with E-state index in [9.17, 15) is 40.3 Å². The minimum atomic E-state index is -4.95. The van der Waals surface area contributed by atoms with Gasteiger partial charge in [-0.25, -0.2) is 9.45 Å². The Hall–Kier alpha value is -3.15. The lowest BCUT2D eigenvalue weighted by atomic mass is 9.85. The van der Waals surface area contributed by atoms with Crippen LogP contribution in [0.3, 0.4) is 0 Å². The van der Waals surface area contributed by atoms with Crippen LogP contribution in [0.1, 0.15) is 27.4 Å². The number of nitrogens with zero attached hydrogens (tertiary/aromatic N) is 1. The van der Waals surface area contributed by atoms with Gasteiger partial charge in [0.05, 0.1) is 18.1 Å². The lowest BCUT2D eigenvalue weighted by Crippen LogP contribution is -2.35. The first kappa shape index (κ1) is 22.5. The summed E-state index contributed by atoms with van der Waals surface area (Å²) in [6, 6.07) is 5.23. The molecule has 2 amide bonds. The first-order valence-corrected chi connectivity index (χ1v) is 8.60. The van der Waals surface area contributed by atoms with Crippen molar-refractivity contribution in [2.45, 2.75) is 18.3 Å². The van der Waals surface area contributed by atoms with E-state index in [-0.39, 0.29) is 16.2 Å². The van der Waals surface area contributed by atoms with E-state index >= 15 is 0 Å². The first-order valence-electron chi connectivity index (χ1n) is 8.60. The Morgan fingerprint density at radius 3 is 2.23 bits per heavy atom. The number of amides is 2. The van der Waals surface area contributed by atoms with Gasteiger partial charge in [-0.1, -0.05) is 12.1 Å². The van der Waals surface area contributed by atoms with Gasteiger partial charge in [0.1, 0.15) is 12.4 Å². The summed E-state index contributed by atoms with van der Waals surface area (Å²) in [6.07, 6.45) is -9.76. The van der Waals surface area contributed by atoms with Crippen LogP contribution >= 0.6 is 0 Å². The van der Waals surface area contributed by atoms with Crippen molar-refractivity contribution in [3.8, 4) is 11.1 Å². The van der Waals surface area contributed by atoms with E-state index in [2.05, 4.69) is 0 Å². The molecule has 1 aliphatic rings. The zero-order chi connectivity index (χ0) is 23.1. The van der Waals surface area contributed by atoms with E-state index in [0.717, 1.165) is 24.3 Å². The van der Waals surface area contributed by atoms with Crippen molar-refractivity contribution in [3.63, 3.8) is 0 Å². The molecule has 12 heteroatoms. The molecule has 31 heavy (non-hydrogen) atoms. The van der Waals surface area contributed by atoms with Gasteiger partial charge in [-0.05, 0) is 41.0 Å². The average molecular weight is 450 g/mol. The molecule has 1 heterocycles. The largest absolute Gasteiger partial charge is 0.416 e. The number of rotatable bonds is 4. The number of halogens is 7. The number of hydrogen-bond donors (Lipinski definition) is 1. The summed E-state index contributed by atoms with van der Waals surface area (Å²) < 4.78 is 91.5. The Balaban J connectivity index is 2.22. The molecule has 2 aromatic carbocycles. The van der Waals surface area contributed by atoms with Crippen LogP contribution in [0, 0.1) is 5.82 Å². The Morgan fingerprint density at radius 1 is 1.10 bits per heavy atom. The highest BCUT2D eigenvalue weighted by atomic mass is 19.4. The molecule has 1 fully saturated rings. The Labute approximate surface area is 170 Å². The number of hydroxylamine groups is 2. The maximum Gasteiger partial charge on any atom is 0.416 e. The highest BCUT2D eigenvalue weighted by Gasteiger charge is 2.43. The third kappa shape index (κ3) is 4.79. The summed E-state index contributed by atoms with van der Waals surface area (Å²) in [5.41, 5.74) is 2.70. The minimum absolute atomic E-state index is 0.00328. The fourth-order valence-corrected chi connectivity index (χ4v) is 3.22. The molecule has 166 valence electrons. The standard InChI is InChI=1S/C19H13F7N2O3/c20-11-3-1-9(2-4-11)15-12(5-10(19(24,25)26)6-13(15)16(27)29)14-7-31-28(17(14)30)8-18(21,22)23/h1-6,14H,7-8H2,(H2,27,29)/t14-/m0/s1. The molecule has 0 radical (unpaired) electrons. The van der Waals surface area contributed by atoms with E-state index in [1.54, 1.807) is 0 Å². The minimum Gasteiger partial charge on any atom is -0.366 e. The molecular formula is C19H13F7N2O3. The van der Waals surface area contributed by atoms with E-state index in [0.29, 0.717) is 12.1 Å². The second kappa shape index (κ2) is 7.84. The molecule has 1 saturated heterocycles. The van der Waals surface area contributed by atoms with Gasteiger partial charge in [0.2, 0.25) is 5.91 Å². The van der Waals surface area contributed by atoms with Crippen LogP contribution in [0.4, 0.5) is 30.7 Å². The monoisotopic (exact) mass is 450 g/mol. The Kier molecular flexibility index (Phi) is 5.70. The van der Waals surface area contributed by atoms with Crippen molar-refractivity contribution < 1.29 is 45.2 Å². The van der Waals surface area contributed by atoms with Gasteiger partial charge in [-0.3, -0.25) is 14.4 Å². The summed E-state index contributed by atoms with van der Waals surface area (Å²) in [5.74, 6) is -4.78. The summed E-state index contributed by atoms with van der Waals surface area (Å²) in [7, 11) is 0. The van der Waals surface area contributed by atoms with Gasteiger partial charge in [0.15, 0.2) is 0 Å². The van der Waals surface area contributed by atoms with Crippen molar-refractivity contribution >= 4 is 11.8 Å². The van der Waals surface area contributed by atoms with Gasteiger partial charge >= 0.3 is 12.4 Å². The SMILES string of the molecule is NC(=O)c1cc(C(F)(F)F)cc([C@@H]2CON(CC(F)(F)F)C2=O)c1-c1ccc(F)cc1. The molecular weight excluding hydrogens is 437 g/mol. The van der Waals surface area contributed by atoms with E-state index in [1.807, 2.05) is 0 Å². The molecule has 0 saturated carbocycles. The van der Waals surface area contributed by atoms with Crippen LogP contribution in [0.25, 0.3) is 11.1 Å². The highest BCUT2D eigenvalue weighted by molar-refractivity contribution is 6.02. The number of alkyl halides is 6. The second-order valence-corrected chi connectivity index (χ2v) is 6.70. The number of nitrogens with two attached hydrogens (primary N) is 1. The maximum absolute atomic E-state index is 13.4. The molecule has 5 nitrogen and oxygen atoms in total. The van der Waals surface area contributed by atoms with Crippen LogP contribution in [0.2, 0.25) is 0 Å². The highest BCUT2D eigenvalue weighted by Crippen LogP contribution is 2.41. The number of hydrogen-bond acceptors (Lipinski definition) is 3. The smallest absolute Gasteiger partial charge is 0.366 e. The molecule has 1 aliphatic heterocycles. The molecule has 1 atom stereocenters. The predicted molar refractivity (Wildman–Crippen MR) is 91.8 cm³/mol. The number of carbonyl (C=O) groups excluding carboxylic acids is 2. The molecule has 2 N–H and O–H groups in total. The second-order valence-electron chi connectivity index (χ2n) is 6.70. The Bertz CT molecular complexity index is 1020. The zero-order valence-corrected chi connectivity index (χ0v) is 15.4. The van der Waals surface area contributed by atoms with Crippen LogP contribution in [-0.4, -0.2) is 36.2 Å². The number of primary amides is 1. The first-order chi connectivity index (χ1) is 14.3. The van der Waals surface area contributed by atoms with Gasteiger partial charge in [0.25, 0.3) is 5.91 Å². The molecule has 0 aliphatic carbocycles. The number of benzene rings is 2. The third-order valence-electron chi connectivity index (χ3n) is 4.53. The van der Waals surface area contributed by atoms with Crippen molar-refractivity contribution in [1.29, 1.82) is 0 Å². The lowest BCUT2D eigenvalue weighted by molar-refractivity contribution is -0.214. The molecule has 0 unspecified atom stereocenters. The quantitative estimate of drug-likeness (QED) is 0.716. The average Bonchev–Trinajstić information content (AvgIpc) is 2.99. The van der Waals surface area contributed by atoms with Gasteiger partial charge in [-0.2, -0.15) is 26.3 Å². The van der Waals surface area contributed by atoms with Crippen molar-refractivity contribution in [2.24, 2.45) is 5.73 Å². The predicted octanol–water partition coefficient (Wildman–Crippen LogP) is 4.03. The molecule has 2 aromatic rings. The molecule has 0 aromatic heterocycles. The molecule has 0 spiro atoms. The number of carbonyl (C=O) groups is 2. The van der Waals surface area contributed by atoms with Gasteiger partial charge in [-0.15, -0.1) is 0 Å². The topological polar surface area (TPSA) is 72.6 Å². The normalized spacial score (nSPS) is 17.3. The van der Waals surface area contributed by atoms with Crippen LogP contribution < -0.4 is 5.73 Å². The summed E-state index contributed by atoms with van der Waals surface area (Å²) in [6.45, 7) is -2.46. The van der Waals surface area contributed by atoms with Crippen LogP contribution in [-0.2, 0) is 15.8 Å². The Morgan fingerprint density at radius 2 is 1.71 bits per heavy atom. The molecule has 3 rings (SSSR count).